The van der Waals surface area contributed by atoms with Gasteiger partial charge in [0, 0.05) is 11.9 Å². The van der Waals surface area contributed by atoms with E-state index >= 15 is 0 Å². The third-order valence-electron chi connectivity index (χ3n) is 3.49. The standard InChI is InChI=1S/C19H19N5O2/c1-2-26-16-8-6-14(7-9-16)22-18-11-10-17(23-24-18)19(25)21-13-15-5-3-4-12-20-15/h3-12H,2,13H2,1H3,(H,21,25)(H,22,24). The lowest BCUT2D eigenvalue weighted by atomic mass is 10.3. The molecule has 1 aromatic carbocycles. The summed E-state index contributed by atoms with van der Waals surface area (Å²) in [5, 5.41) is 13.9. The van der Waals surface area contributed by atoms with Crippen LogP contribution in [-0.4, -0.2) is 27.7 Å². The van der Waals surface area contributed by atoms with Gasteiger partial charge in [-0.15, -0.1) is 10.2 Å². The van der Waals surface area contributed by atoms with Crippen molar-refractivity contribution in [1.82, 2.24) is 20.5 Å². The molecule has 2 heterocycles. The van der Waals surface area contributed by atoms with Crippen LogP contribution in [0, 0.1) is 0 Å². The van der Waals surface area contributed by atoms with Gasteiger partial charge < -0.3 is 15.4 Å². The highest BCUT2D eigenvalue weighted by molar-refractivity contribution is 5.92. The number of amides is 1. The molecule has 2 N–H and O–H groups in total. The Kier molecular flexibility index (Phi) is 5.72. The van der Waals surface area contributed by atoms with Crippen LogP contribution >= 0.6 is 0 Å². The molecule has 0 atom stereocenters. The molecule has 0 radical (unpaired) electrons. The third kappa shape index (κ3) is 4.76. The van der Waals surface area contributed by atoms with Crippen LogP contribution in [0.1, 0.15) is 23.1 Å². The number of nitrogens with one attached hydrogen (secondary N) is 2. The summed E-state index contributed by atoms with van der Waals surface area (Å²) in [7, 11) is 0. The van der Waals surface area contributed by atoms with E-state index in [2.05, 4.69) is 25.8 Å². The highest BCUT2D eigenvalue weighted by Gasteiger charge is 2.08. The number of hydrogen-bond acceptors (Lipinski definition) is 6. The maximum atomic E-state index is 12.1. The first-order chi connectivity index (χ1) is 12.7. The summed E-state index contributed by atoms with van der Waals surface area (Å²) in [6.45, 7) is 2.91. The van der Waals surface area contributed by atoms with Gasteiger partial charge in [-0.2, -0.15) is 0 Å². The number of anilines is 2. The molecule has 1 amide bonds. The van der Waals surface area contributed by atoms with Gasteiger partial charge in [-0.25, -0.2) is 0 Å². The zero-order chi connectivity index (χ0) is 18.2. The first kappa shape index (κ1) is 17.3. The second kappa shape index (κ2) is 8.57. The molecule has 2 aromatic heterocycles. The second-order valence-corrected chi connectivity index (χ2v) is 5.39. The lowest BCUT2D eigenvalue weighted by molar-refractivity contribution is 0.0944. The maximum absolute atomic E-state index is 12.1. The van der Waals surface area contributed by atoms with Gasteiger partial charge in [0.25, 0.3) is 5.91 Å². The smallest absolute Gasteiger partial charge is 0.272 e. The summed E-state index contributed by atoms with van der Waals surface area (Å²) < 4.78 is 5.40. The maximum Gasteiger partial charge on any atom is 0.272 e. The predicted molar refractivity (Wildman–Crippen MR) is 98.3 cm³/mol. The van der Waals surface area contributed by atoms with E-state index in [0.29, 0.717) is 19.0 Å². The average molecular weight is 349 g/mol. The molecule has 0 aliphatic carbocycles. The van der Waals surface area contributed by atoms with Crippen LogP contribution in [0.5, 0.6) is 5.75 Å². The highest BCUT2D eigenvalue weighted by Crippen LogP contribution is 2.18. The number of hydrogen-bond donors (Lipinski definition) is 2. The molecule has 0 bridgehead atoms. The Hall–Kier alpha value is -3.48. The van der Waals surface area contributed by atoms with Gasteiger partial charge in [-0.05, 0) is 55.5 Å². The lowest BCUT2D eigenvalue weighted by Gasteiger charge is -2.08. The fraction of sp³-hybridized carbons (Fsp3) is 0.158. The normalized spacial score (nSPS) is 10.2. The van der Waals surface area contributed by atoms with Crippen LogP contribution in [0.25, 0.3) is 0 Å². The summed E-state index contributed by atoms with van der Waals surface area (Å²) in [6, 6.07) is 16.4. The van der Waals surface area contributed by atoms with E-state index in [0.717, 1.165) is 17.1 Å². The molecular formula is C19H19N5O2. The third-order valence-corrected chi connectivity index (χ3v) is 3.49. The number of ether oxygens (including phenoxy) is 1. The van der Waals surface area contributed by atoms with Crippen molar-refractivity contribution in [1.29, 1.82) is 0 Å². The molecule has 0 spiro atoms. The summed E-state index contributed by atoms with van der Waals surface area (Å²) >= 11 is 0. The molecule has 0 fully saturated rings. The monoisotopic (exact) mass is 349 g/mol. The molecular weight excluding hydrogens is 330 g/mol. The van der Waals surface area contributed by atoms with Crippen molar-refractivity contribution in [2.24, 2.45) is 0 Å². The lowest BCUT2D eigenvalue weighted by Crippen LogP contribution is -2.24. The van der Waals surface area contributed by atoms with Gasteiger partial charge in [-0.3, -0.25) is 9.78 Å². The Labute approximate surface area is 151 Å². The molecule has 3 rings (SSSR count). The van der Waals surface area contributed by atoms with Crippen LogP contribution in [-0.2, 0) is 6.54 Å². The van der Waals surface area contributed by atoms with E-state index in [1.807, 2.05) is 49.4 Å². The molecule has 7 heteroatoms. The molecule has 132 valence electrons. The number of aromatic nitrogens is 3. The van der Waals surface area contributed by atoms with Crippen molar-refractivity contribution >= 4 is 17.4 Å². The SMILES string of the molecule is CCOc1ccc(Nc2ccc(C(=O)NCc3ccccn3)nn2)cc1. The Morgan fingerprint density at radius 2 is 1.88 bits per heavy atom. The molecule has 0 aliphatic rings. The summed E-state index contributed by atoms with van der Waals surface area (Å²) in [4.78, 5) is 16.3. The minimum absolute atomic E-state index is 0.248. The van der Waals surface area contributed by atoms with Crippen molar-refractivity contribution in [3.63, 3.8) is 0 Å². The Morgan fingerprint density at radius 3 is 2.54 bits per heavy atom. The first-order valence-electron chi connectivity index (χ1n) is 8.26. The van der Waals surface area contributed by atoms with E-state index in [4.69, 9.17) is 4.74 Å². The quantitative estimate of drug-likeness (QED) is 0.682. The molecule has 26 heavy (non-hydrogen) atoms. The van der Waals surface area contributed by atoms with Crippen molar-refractivity contribution in [3.8, 4) is 5.75 Å². The number of pyridine rings is 1. The van der Waals surface area contributed by atoms with Gasteiger partial charge in [-0.1, -0.05) is 6.07 Å². The van der Waals surface area contributed by atoms with Crippen LogP contribution < -0.4 is 15.4 Å². The summed E-state index contributed by atoms with van der Waals surface area (Å²) in [5.41, 5.74) is 1.89. The number of benzene rings is 1. The van der Waals surface area contributed by atoms with Gasteiger partial charge in [0.1, 0.15) is 5.75 Å². The molecule has 0 saturated carbocycles. The van der Waals surface area contributed by atoms with Crippen LogP contribution in [0.2, 0.25) is 0 Å². The fourth-order valence-electron chi connectivity index (χ4n) is 2.23. The van der Waals surface area contributed by atoms with E-state index in [1.165, 1.54) is 0 Å². The average Bonchev–Trinajstić information content (AvgIpc) is 2.69. The number of nitrogens with zero attached hydrogens (tertiary/aromatic N) is 3. The first-order valence-corrected chi connectivity index (χ1v) is 8.26. The molecule has 0 saturated heterocycles. The van der Waals surface area contributed by atoms with Gasteiger partial charge in [0.15, 0.2) is 11.5 Å². The minimum atomic E-state index is -0.296. The van der Waals surface area contributed by atoms with Crippen LogP contribution in [0.3, 0.4) is 0 Å². The summed E-state index contributed by atoms with van der Waals surface area (Å²) in [6.07, 6.45) is 1.68. The zero-order valence-corrected chi connectivity index (χ0v) is 14.3. The molecule has 7 nitrogen and oxygen atoms in total. The van der Waals surface area contributed by atoms with Crippen molar-refractivity contribution in [3.05, 3.63) is 72.2 Å². The van der Waals surface area contributed by atoms with E-state index in [-0.39, 0.29) is 11.6 Å². The summed E-state index contributed by atoms with van der Waals surface area (Å²) in [5.74, 6) is 1.07. The van der Waals surface area contributed by atoms with Crippen molar-refractivity contribution < 1.29 is 9.53 Å². The van der Waals surface area contributed by atoms with Crippen molar-refractivity contribution in [2.75, 3.05) is 11.9 Å². The van der Waals surface area contributed by atoms with Gasteiger partial charge in [0.2, 0.25) is 0 Å². The van der Waals surface area contributed by atoms with E-state index < -0.39 is 0 Å². The zero-order valence-electron chi connectivity index (χ0n) is 14.3. The number of carbonyl (C=O) groups is 1. The van der Waals surface area contributed by atoms with Crippen LogP contribution in [0.15, 0.2) is 60.8 Å². The number of carbonyl (C=O) groups excluding carboxylic acids is 1. The van der Waals surface area contributed by atoms with Gasteiger partial charge in [0.05, 0.1) is 18.8 Å². The Morgan fingerprint density at radius 1 is 1.04 bits per heavy atom. The largest absolute Gasteiger partial charge is 0.494 e. The molecule has 3 aromatic rings. The Bertz CT molecular complexity index is 836. The molecule has 0 unspecified atom stereocenters. The highest BCUT2D eigenvalue weighted by atomic mass is 16.5. The second-order valence-electron chi connectivity index (χ2n) is 5.39. The van der Waals surface area contributed by atoms with Gasteiger partial charge >= 0.3 is 0 Å². The number of rotatable bonds is 7. The van der Waals surface area contributed by atoms with E-state index in [9.17, 15) is 4.79 Å². The van der Waals surface area contributed by atoms with Crippen molar-refractivity contribution in [2.45, 2.75) is 13.5 Å². The minimum Gasteiger partial charge on any atom is -0.494 e. The molecule has 0 aliphatic heterocycles. The fourth-order valence-corrected chi connectivity index (χ4v) is 2.23. The van der Waals surface area contributed by atoms with E-state index in [1.54, 1.807) is 18.3 Å². The van der Waals surface area contributed by atoms with Crippen LogP contribution in [0.4, 0.5) is 11.5 Å². The Balaban J connectivity index is 1.56. The topological polar surface area (TPSA) is 89.0 Å². The predicted octanol–water partition coefficient (Wildman–Crippen LogP) is 2.94.